The molecule has 1 rings (SSSR count). The van der Waals surface area contributed by atoms with E-state index in [-0.39, 0.29) is 18.1 Å². The molecule has 0 radical (unpaired) electrons. The third-order valence-corrected chi connectivity index (χ3v) is 2.97. The molecule has 0 fully saturated rings. The maximum Gasteiger partial charge on any atom is 0.411 e. The summed E-state index contributed by atoms with van der Waals surface area (Å²) in [4.78, 5) is 0.278. The minimum atomic E-state index is -4.29. The van der Waals surface area contributed by atoms with Crippen molar-refractivity contribution in [2.45, 2.75) is 6.18 Å². The number of rotatable bonds is 6. The quantitative estimate of drug-likeness (QED) is 0.607. The molecule has 0 aromatic heterocycles. The van der Waals surface area contributed by atoms with Gasteiger partial charge in [0.15, 0.2) is 0 Å². The number of hydrogen-bond donors (Lipinski definition) is 2. The first-order chi connectivity index (χ1) is 8.79. The highest BCUT2D eigenvalue weighted by atomic mass is 79.9. The highest BCUT2D eigenvalue weighted by Crippen LogP contribution is 2.23. The van der Waals surface area contributed by atoms with Gasteiger partial charge in [-0.2, -0.15) is 13.2 Å². The van der Waals surface area contributed by atoms with Crippen LogP contribution in [0.25, 0.3) is 0 Å². The number of ether oxygens (including phenoxy) is 1. The highest BCUT2D eigenvalue weighted by molar-refractivity contribution is 9.10. The average molecular weight is 357 g/mol. The van der Waals surface area contributed by atoms with E-state index in [1.165, 1.54) is 0 Å². The van der Waals surface area contributed by atoms with Crippen LogP contribution in [-0.4, -0.2) is 30.9 Å². The van der Waals surface area contributed by atoms with E-state index < -0.39 is 12.8 Å². The zero-order valence-electron chi connectivity index (χ0n) is 9.76. The van der Waals surface area contributed by atoms with Crippen LogP contribution < -0.4 is 11.1 Å². The van der Waals surface area contributed by atoms with Crippen molar-refractivity contribution < 1.29 is 17.9 Å². The number of benzene rings is 1. The molecule has 0 aliphatic carbocycles. The Morgan fingerprint density at radius 1 is 1.42 bits per heavy atom. The molecule has 0 aliphatic heterocycles. The molecule has 0 spiro atoms. The number of hydrogen-bond acceptors (Lipinski definition) is 3. The summed E-state index contributed by atoms with van der Waals surface area (Å²) >= 11 is 8.15. The third kappa shape index (κ3) is 6.22. The van der Waals surface area contributed by atoms with E-state index in [4.69, 9.17) is 18.0 Å². The second kappa shape index (κ2) is 7.06. The van der Waals surface area contributed by atoms with Crippen LogP contribution in [0, 0.1) is 0 Å². The summed E-state index contributed by atoms with van der Waals surface area (Å²) in [5.41, 5.74) is 6.92. The molecule has 0 heterocycles. The summed E-state index contributed by atoms with van der Waals surface area (Å²) in [6.45, 7) is -1.01. The Hall–Kier alpha value is -0.860. The van der Waals surface area contributed by atoms with Crippen molar-refractivity contribution in [1.29, 1.82) is 0 Å². The molecule has 0 saturated carbocycles. The molecule has 0 aliphatic rings. The van der Waals surface area contributed by atoms with Crippen LogP contribution in [0.15, 0.2) is 22.7 Å². The van der Waals surface area contributed by atoms with Crippen molar-refractivity contribution in [3.63, 3.8) is 0 Å². The van der Waals surface area contributed by atoms with Gasteiger partial charge in [0.05, 0.1) is 6.61 Å². The topological polar surface area (TPSA) is 47.3 Å². The number of nitrogens with one attached hydrogen (secondary N) is 1. The molecular formula is C11H12BrF3N2OS. The summed E-state index contributed by atoms with van der Waals surface area (Å²) in [5.74, 6) is 0. The Labute approximate surface area is 122 Å². The number of thiocarbonyl (C=S) groups is 1. The summed E-state index contributed by atoms with van der Waals surface area (Å²) in [6, 6.07) is 5.20. The van der Waals surface area contributed by atoms with Gasteiger partial charge >= 0.3 is 6.18 Å². The first kappa shape index (κ1) is 16.2. The molecule has 0 atom stereocenters. The minimum absolute atomic E-state index is 0.0387. The predicted octanol–water partition coefficient (Wildman–Crippen LogP) is 3.07. The van der Waals surface area contributed by atoms with E-state index in [1.54, 1.807) is 18.2 Å². The number of halogens is 4. The predicted molar refractivity (Wildman–Crippen MR) is 75.4 cm³/mol. The second-order valence-corrected chi connectivity index (χ2v) is 4.95. The smallest absolute Gasteiger partial charge is 0.389 e. The van der Waals surface area contributed by atoms with Crippen LogP contribution in [0.2, 0.25) is 0 Å². The van der Waals surface area contributed by atoms with Crippen molar-refractivity contribution in [3.8, 4) is 0 Å². The lowest BCUT2D eigenvalue weighted by Crippen LogP contribution is -2.20. The average Bonchev–Trinajstić information content (AvgIpc) is 2.28. The molecule has 19 heavy (non-hydrogen) atoms. The fraction of sp³-hybridized carbons (Fsp3) is 0.364. The molecule has 3 N–H and O–H groups in total. The van der Waals surface area contributed by atoms with Gasteiger partial charge < -0.3 is 15.8 Å². The molecule has 1 aromatic rings. The van der Waals surface area contributed by atoms with Crippen molar-refractivity contribution in [2.24, 2.45) is 5.73 Å². The van der Waals surface area contributed by atoms with Gasteiger partial charge in [-0.1, -0.05) is 12.2 Å². The normalized spacial score (nSPS) is 11.4. The lowest BCUT2D eigenvalue weighted by atomic mass is 10.2. The fourth-order valence-electron chi connectivity index (χ4n) is 1.26. The second-order valence-electron chi connectivity index (χ2n) is 3.65. The van der Waals surface area contributed by atoms with Crippen LogP contribution in [-0.2, 0) is 4.74 Å². The van der Waals surface area contributed by atoms with Gasteiger partial charge in [0.1, 0.15) is 11.6 Å². The lowest BCUT2D eigenvalue weighted by molar-refractivity contribution is -0.172. The van der Waals surface area contributed by atoms with Crippen molar-refractivity contribution in [1.82, 2.24) is 0 Å². The minimum Gasteiger partial charge on any atom is -0.389 e. The number of alkyl halides is 3. The fourth-order valence-corrected chi connectivity index (χ4v) is 1.90. The van der Waals surface area contributed by atoms with Gasteiger partial charge in [-0.05, 0) is 34.1 Å². The number of nitrogens with two attached hydrogens (primary N) is 1. The molecule has 0 amide bonds. The maximum absolute atomic E-state index is 11.8. The first-order valence-corrected chi connectivity index (χ1v) is 6.47. The molecule has 0 unspecified atom stereocenters. The van der Waals surface area contributed by atoms with Crippen LogP contribution in [0.1, 0.15) is 5.56 Å². The summed E-state index contributed by atoms with van der Waals surface area (Å²) in [5, 5.41) is 2.94. The summed E-state index contributed by atoms with van der Waals surface area (Å²) in [6.07, 6.45) is -4.29. The molecule has 1 aromatic carbocycles. The monoisotopic (exact) mass is 356 g/mol. The van der Waals surface area contributed by atoms with Crippen molar-refractivity contribution in [2.75, 3.05) is 25.1 Å². The SMILES string of the molecule is NC(=S)c1ccc(NCCOCC(F)(F)F)c(Br)c1. The molecule has 0 saturated heterocycles. The van der Waals surface area contributed by atoms with Gasteiger partial charge in [0.25, 0.3) is 0 Å². The van der Waals surface area contributed by atoms with Gasteiger partial charge in [-0.15, -0.1) is 0 Å². The van der Waals surface area contributed by atoms with E-state index in [0.717, 1.165) is 10.2 Å². The van der Waals surface area contributed by atoms with E-state index in [2.05, 4.69) is 26.0 Å². The largest absolute Gasteiger partial charge is 0.411 e. The molecule has 3 nitrogen and oxygen atoms in total. The summed E-state index contributed by atoms with van der Waals surface area (Å²) < 4.78 is 40.6. The van der Waals surface area contributed by atoms with Crippen LogP contribution >= 0.6 is 28.1 Å². The third-order valence-electron chi connectivity index (χ3n) is 2.08. The Balaban J connectivity index is 2.40. The Bertz CT molecular complexity index is 454. The molecule has 8 heteroatoms. The van der Waals surface area contributed by atoms with Gasteiger partial charge in [0, 0.05) is 22.3 Å². The molecule has 0 bridgehead atoms. The van der Waals surface area contributed by atoms with E-state index in [9.17, 15) is 13.2 Å². The van der Waals surface area contributed by atoms with Crippen LogP contribution in [0.3, 0.4) is 0 Å². The number of anilines is 1. The zero-order chi connectivity index (χ0) is 14.5. The molecule has 106 valence electrons. The van der Waals surface area contributed by atoms with Gasteiger partial charge in [0.2, 0.25) is 0 Å². The van der Waals surface area contributed by atoms with Gasteiger partial charge in [-0.3, -0.25) is 0 Å². The van der Waals surface area contributed by atoms with Crippen molar-refractivity contribution in [3.05, 3.63) is 28.2 Å². The van der Waals surface area contributed by atoms with Crippen LogP contribution in [0.5, 0.6) is 0 Å². The van der Waals surface area contributed by atoms with E-state index in [1.807, 2.05) is 0 Å². The standard InChI is InChI=1S/C11H12BrF3N2OS/c12-8-5-7(10(16)19)1-2-9(8)17-3-4-18-6-11(13,14)15/h1-2,5,17H,3-4,6H2,(H2,16,19). The lowest BCUT2D eigenvalue weighted by Gasteiger charge is -2.11. The Morgan fingerprint density at radius 2 is 2.11 bits per heavy atom. The Morgan fingerprint density at radius 3 is 2.63 bits per heavy atom. The Kier molecular flexibility index (Phi) is 6.02. The van der Waals surface area contributed by atoms with Gasteiger partial charge in [-0.25, -0.2) is 0 Å². The highest BCUT2D eigenvalue weighted by Gasteiger charge is 2.27. The van der Waals surface area contributed by atoms with E-state index >= 15 is 0 Å². The van der Waals surface area contributed by atoms with E-state index in [0.29, 0.717) is 5.56 Å². The van der Waals surface area contributed by atoms with Crippen LogP contribution in [0.4, 0.5) is 18.9 Å². The van der Waals surface area contributed by atoms with Crippen molar-refractivity contribution >= 4 is 38.8 Å². The maximum atomic E-state index is 11.8. The summed E-state index contributed by atoms with van der Waals surface area (Å²) in [7, 11) is 0. The molecular weight excluding hydrogens is 345 g/mol. The zero-order valence-corrected chi connectivity index (χ0v) is 12.2. The first-order valence-electron chi connectivity index (χ1n) is 5.27.